The van der Waals surface area contributed by atoms with Crippen LogP contribution in [0.15, 0.2) is 41.1 Å². The van der Waals surface area contributed by atoms with Crippen LogP contribution in [0.4, 0.5) is 5.69 Å². The van der Waals surface area contributed by atoms with E-state index in [2.05, 4.69) is 39.3 Å². The third-order valence-corrected chi connectivity index (χ3v) is 6.14. The molecule has 29 heavy (non-hydrogen) atoms. The average Bonchev–Trinajstić information content (AvgIpc) is 3.31. The molecule has 2 aromatic rings. The number of amides is 1. The fourth-order valence-electron chi connectivity index (χ4n) is 4.18. The molecule has 1 amide bonds. The average molecular weight is 398 g/mol. The van der Waals surface area contributed by atoms with Crippen LogP contribution in [-0.4, -0.2) is 72.7 Å². The number of piperazine rings is 1. The molecular weight excluding hydrogens is 366 g/mol. The molecule has 0 atom stereocenters. The molecule has 7 nitrogen and oxygen atoms in total. The third-order valence-electron chi connectivity index (χ3n) is 6.14. The van der Waals surface area contributed by atoms with E-state index in [0.29, 0.717) is 6.04 Å². The van der Waals surface area contributed by atoms with Gasteiger partial charge in [0.15, 0.2) is 0 Å². The van der Waals surface area contributed by atoms with Crippen molar-refractivity contribution in [2.45, 2.75) is 32.4 Å². The van der Waals surface area contributed by atoms with Crippen LogP contribution in [0, 0.1) is 0 Å². The minimum absolute atomic E-state index is 0.156. The molecule has 0 spiro atoms. The Morgan fingerprint density at radius 1 is 1.07 bits per heavy atom. The molecule has 2 saturated heterocycles. The fourth-order valence-corrected chi connectivity index (χ4v) is 4.18. The van der Waals surface area contributed by atoms with Gasteiger partial charge in [-0.25, -0.2) is 0 Å². The SMILES string of the molecule is CCN1CCN(C(=O)c2ccc(N3CCC(NCc4ccon4)CC3)cc2)CC1. The highest BCUT2D eigenvalue weighted by molar-refractivity contribution is 5.94. The molecule has 3 heterocycles. The molecule has 1 aromatic carbocycles. The van der Waals surface area contributed by atoms with Gasteiger partial charge in [-0.05, 0) is 43.7 Å². The van der Waals surface area contributed by atoms with Crippen LogP contribution >= 0.6 is 0 Å². The van der Waals surface area contributed by atoms with E-state index in [4.69, 9.17) is 4.52 Å². The summed E-state index contributed by atoms with van der Waals surface area (Å²) in [6.07, 6.45) is 3.81. The fraction of sp³-hybridized carbons (Fsp3) is 0.545. The molecule has 2 aliphatic heterocycles. The zero-order valence-electron chi connectivity index (χ0n) is 17.2. The monoisotopic (exact) mass is 397 g/mol. The van der Waals surface area contributed by atoms with E-state index in [1.54, 1.807) is 6.26 Å². The summed E-state index contributed by atoms with van der Waals surface area (Å²) in [5.41, 5.74) is 2.94. The second kappa shape index (κ2) is 9.41. The minimum atomic E-state index is 0.156. The Balaban J connectivity index is 1.26. The van der Waals surface area contributed by atoms with Gasteiger partial charge in [-0.1, -0.05) is 12.1 Å². The molecule has 2 aliphatic rings. The predicted molar refractivity (Wildman–Crippen MR) is 113 cm³/mol. The number of anilines is 1. The van der Waals surface area contributed by atoms with Crippen molar-refractivity contribution in [2.75, 3.05) is 50.7 Å². The molecule has 0 bridgehead atoms. The van der Waals surface area contributed by atoms with Crippen molar-refractivity contribution in [1.82, 2.24) is 20.3 Å². The van der Waals surface area contributed by atoms with Gasteiger partial charge in [-0.3, -0.25) is 4.79 Å². The second-order valence-corrected chi connectivity index (χ2v) is 7.91. The van der Waals surface area contributed by atoms with Crippen LogP contribution in [0.5, 0.6) is 0 Å². The van der Waals surface area contributed by atoms with Gasteiger partial charge in [0, 0.05) is 69.2 Å². The lowest BCUT2D eigenvalue weighted by Gasteiger charge is -2.35. The summed E-state index contributed by atoms with van der Waals surface area (Å²) in [6.45, 7) is 9.61. The lowest BCUT2D eigenvalue weighted by Crippen LogP contribution is -2.48. The summed E-state index contributed by atoms with van der Waals surface area (Å²) in [5, 5.41) is 7.51. The Morgan fingerprint density at radius 2 is 1.79 bits per heavy atom. The van der Waals surface area contributed by atoms with E-state index in [9.17, 15) is 4.79 Å². The van der Waals surface area contributed by atoms with E-state index >= 15 is 0 Å². The molecule has 4 rings (SSSR count). The van der Waals surface area contributed by atoms with Gasteiger partial charge in [0.25, 0.3) is 5.91 Å². The molecule has 0 unspecified atom stereocenters. The molecule has 0 radical (unpaired) electrons. The maximum atomic E-state index is 12.8. The van der Waals surface area contributed by atoms with E-state index in [1.807, 2.05) is 23.1 Å². The lowest BCUT2D eigenvalue weighted by molar-refractivity contribution is 0.0643. The Kier molecular flexibility index (Phi) is 6.46. The molecule has 156 valence electrons. The first-order chi connectivity index (χ1) is 14.2. The molecule has 7 heteroatoms. The van der Waals surface area contributed by atoms with E-state index in [0.717, 1.165) is 76.5 Å². The highest BCUT2D eigenvalue weighted by Gasteiger charge is 2.22. The number of hydrogen-bond donors (Lipinski definition) is 1. The standard InChI is InChI=1S/C22H31N5O2/c1-2-25-12-14-27(15-13-25)22(28)18-3-5-21(6-4-18)26-10-7-19(8-11-26)23-17-20-9-16-29-24-20/h3-6,9,16,19,23H,2,7-8,10-15,17H2,1H3. The minimum Gasteiger partial charge on any atom is -0.371 e. The zero-order valence-corrected chi connectivity index (χ0v) is 17.2. The van der Waals surface area contributed by atoms with E-state index in [1.165, 1.54) is 5.69 Å². The van der Waals surface area contributed by atoms with E-state index < -0.39 is 0 Å². The van der Waals surface area contributed by atoms with Crippen LogP contribution in [0.3, 0.4) is 0 Å². The van der Waals surface area contributed by atoms with Gasteiger partial charge in [0.2, 0.25) is 0 Å². The first-order valence-corrected chi connectivity index (χ1v) is 10.7. The second-order valence-electron chi connectivity index (χ2n) is 7.91. The van der Waals surface area contributed by atoms with Crippen LogP contribution in [0.2, 0.25) is 0 Å². The predicted octanol–water partition coefficient (Wildman–Crippen LogP) is 2.21. The van der Waals surface area contributed by atoms with Gasteiger partial charge in [-0.2, -0.15) is 0 Å². The Labute approximate surface area is 172 Å². The molecule has 0 aliphatic carbocycles. The number of likely N-dealkylation sites (N-methyl/N-ethyl adjacent to an activating group) is 1. The van der Waals surface area contributed by atoms with Gasteiger partial charge >= 0.3 is 0 Å². The highest BCUT2D eigenvalue weighted by atomic mass is 16.5. The number of carbonyl (C=O) groups is 1. The molecule has 1 N–H and O–H groups in total. The Bertz CT molecular complexity index is 761. The number of rotatable bonds is 6. The molecule has 2 fully saturated rings. The largest absolute Gasteiger partial charge is 0.371 e. The van der Waals surface area contributed by atoms with Gasteiger partial charge < -0.3 is 24.5 Å². The van der Waals surface area contributed by atoms with E-state index in [-0.39, 0.29) is 5.91 Å². The topological polar surface area (TPSA) is 64.8 Å². The van der Waals surface area contributed by atoms with Crippen LogP contribution in [0.25, 0.3) is 0 Å². The first-order valence-electron chi connectivity index (χ1n) is 10.7. The number of carbonyl (C=O) groups excluding carboxylic acids is 1. The van der Waals surface area contributed by atoms with Gasteiger partial charge in [0.05, 0.1) is 5.69 Å². The smallest absolute Gasteiger partial charge is 0.253 e. The maximum absolute atomic E-state index is 12.8. The number of aromatic nitrogens is 1. The number of hydrogen-bond acceptors (Lipinski definition) is 6. The number of piperidine rings is 1. The van der Waals surface area contributed by atoms with Crippen molar-refractivity contribution >= 4 is 11.6 Å². The Hall–Kier alpha value is -2.38. The summed E-state index contributed by atoms with van der Waals surface area (Å²) in [4.78, 5) is 19.5. The molecule has 1 aromatic heterocycles. The third kappa shape index (κ3) is 4.97. The highest BCUT2D eigenvalue weighted by Crippen LogP contribution is 2.21. The van der Waals surface area contributed by atoms with Crippen LogP contribution in [0.1, 0.15) is 35.8 Å². The van der Waals surface area contributed by atoms with Crippen molar-refractivity contribution in [1.29, 1.82) is 0 Å². The summed E-state index contributed by atoms with van der Waals surface area (Å²) in [5.74, 6) is 0.156. The van der Waals surface area contributed by atoms with Crippen molar-refractivity contribution in [2.24, 2.45) is 0 Å². The number of nitrogens with zero attached hydrogens (tertiary/aromatic N) is 4. The normalized spacial score (nSPS) is 18.9. The van der Waals surface area contributed by atoms with Gasteiger partial charge in [0.1, 0.15) is 6.26 Å². The van der Waals surface area contributed by atoms with Crippen LogP contribution < -0.4 is 10.2 Å². The molecule has 0 saturated carbocycles. The van der Waals surface area contributed by atoms with Crippen molar-refractivity contribution in [3.05, 3.63) is 47.9 Å². The van der Waals surface area contributed by atoms with Crippen molar-refractivity contribution in [3.63, 3.8) is 0 Å². The zero-order chi connectivity index (χ0) is 20.1. The van der Waals surface area contributed by atoms with Gasteiger partial charge in [-0.15, -0.1) is 0 Å². The summed E-state index contributed by atoms with van der Waals surface area (Å²) >= 11 is 0. The number of benzene rings is 1. The summed E-state index contributed by atoms with van der Waals surface area (Å²) in [6, 6.07) is 10.6. The van der Waals surface area contributed by atoms with Crippen LogP contribution in [-0.2, 0) is 6.54 Å². The summed E-state index contributed by atoms with van der Waals surface area (Å²) < 4.78 is 4.88. The van der Waals surface area contributed by atoms with Crippen molar-refractivity contribution < 1.29 is 9.32 Å². The quantitative estimate of drug-likeness (QED) is 0.806. The lowest BCUT2D eigenvalue weighted by atomic mass is 10.0. The molecular formula is C22H31N5O2. The summed E-state index contributed by atoms with van der Waals surface area (Å²) in [7, 11) is 0. The first kappa shape index (κ1) is 19.9. The number of nitrogens with one attached hydrogen (secondary N) is 1. The Morgan fingerprint density at radius 3 is 2.41 bits per heavy atom. The van der Waals surface area contributed by atoms with Crippen molar-refractivity contribution in [3.8, 4) is 0 Å². The maximum Gasteiger partial charge on any atom is 0.253 e.